The average molecular weight is 302 g/mol. The molecular weight excluding hydrogens is 284 g/mol. The highest BCUT2D eigenvalue weighted by Gasteiger charge is 2.31. The highest BCUT2D eigenvalue weighted by molar-refractivity contribution is 5.91. The molecule has 0 saturated carbocycles. The van der Waals surface area contributed by atoms with Gasteiger partial charge in [0.1, 0.15) is 11.5 Å². The molecule has 0 spiro atoms. The van der Waals surface area contributed by atoms with Crippen LogP contribution in [0.1, 0.15) is 28.5 Å². The van der Waals surface area contributed by atoms with Crippen molar-refractivity contribution < 1.29 is 18.8 Å². The summed E-state index contributed by atoms with van der Waals surface area (Å²) in [6, 6.07) is 7.33. The molecule has 116 valence electrons. The molecule has 0 aliphatic carbocycles. The van der Waals surface area contributed by atoms with Crippen molar-refractivity contribution in [2.24, 2.45) is 0 Å². The first kappa shape index (κ1) is 14.4. The van der Waals surface area contributed by atoms with Crippen LogP contribution in [-0.4, -0.2) is 43.3 Å². The van der Waals surface area contributed by atoms with Gasteiger partial charge in [-0.15, -0.1) is 0 Å². The minimum absolute atomic E-state index is 0.123. The van der Waals surface area contributed by atoms with Crippen LogP contribution < -0.4 is 9.47 Å². The van der Waals surface area contributed by atoms with Gasteiger partial charge in [-0.05, 0) is 24.6 Å². The maximum Gasteiger partial charge on any atom is 0.292 e. The maximum atomic E-state index is 12.3. The molecule has 0 bridgehead atoms. The average Bonchev–Trinajstić information content (AvgIpc) is 3.25. The highest BCUT2D eigenvalue weighted by Crippen LogP contribution is 2.36. The van der Waals surface area contributed by atoms with Gasteiger partial charge in [-0.3, -0.25) is 4.79 Å². The molecule has 6 nitrogen and oxygen atoms in total. The summed E-state index contributed by atoms with van der Waals surface area (Å²) in [4.78, 5) is 14.1. The fourth-order valence-corrected chi connectivity index (χ4v) is 2.84. The van der Waals surface area contributed by atoms with Gasteiger partial charge in [0.05, 0.1) is 20.4 Å². The quantitative estimate of drug-likeness (QED) is 0.867. The Hall–Kier alpha value is -2.50. The minimum Gasteiger partial charge on any atom is -0.497 e. The van der Waals surface area contributed by atoms with Gasteiger partial charge in [0.25, 0.3) is 5.91 Å². The third kappa shape index (κ3) is 2.64. The van der Waals surface area contributed by atoms with E-state index in [1.54, 1.807) is 25.2 Å². The van der Waals surface area contributed by atoms with Gasteiger partial charge in [-0.25, -0.2) is 0 Å². The van der Waals surface area contributed by atoms with Crippen LogP contribution in [0.2, 0.25) is 0 Å². The summed E-state index contributed by atoms with van der Waals surface area (Å²) in [5.41, 5.74) is 1.06. The van der Waals surface area contributed by atoms with E-state index in [-0.39, 0.29) is 17.6 Å². The van der Waals surface area contributed by atoms with Gasteiger partial charge < -0.3 is 18.9 Å². The number of ether oxygens (including phenoxy) is 2. The number of carbonyl (C=O) groups is 1. The van der Waals surface area contributed by atoms with Gasteiger partial charge in [0.2, 0.25) is 5.76 Å². The first-order valence-electron chi connectivity index (χ1n) is 7.15. The molecular formula is C16H18N2O4. The number of carbonyl (C=O) groups excluding carboxylic acids is 1. The summed E-state index contributed by atoms with van der Waals surface area (Å²) in [6.07, 6.45) is 2.36. The van der Waals surface area contributed by atoms with Crippen molar-refractivity contribution in [2.75, 3.05) is 27.3 Å². The van der Waals surface area contributed by atoms with Crippen molar-refractivity contribution in [2.45, 2.75) is 12.3 Å². The second-order valence-corrected chi connectivity index (χ2v) is 5.22. The predicted octanol–water partition coefficient (Wildman–Crippen LogP) is 2.32. The fraction of sp³-hybridized carbons (Fsp3) is 0.375. The standard InChI is InChI=1S/C16H18N2O4/c1-20-12-3-4-14(21-2)13(9-12)11-6-8-18(10-11)16(19)15-5-7-17-22-15/h3-5,7,9,11H,6,8,10H2,1-2H3/t11-/m0/s1. The molecule has 1 aliphatic heterocycles. The largest absolute Gasteiger partial charge is 0.497 e. The summed E-state index contributed by atoms with van der Waals surface area (Å²) in [7, 11) is 3.29. The molecule has 2 heterocycles. The van der Waals surface area contributed by atoms with E-state index >= 15 is 0 Å². The van der Waals surface area contributed by atoms with Crippen LogP contribution in [0.5, 0.6) is 11.5 Å². The van der Waals surface area contributed by atoms with E-state index in [0.29, 0.717) is 13.1 Å². The monoisotopic (exact) mass is 302 g/mol. The van der Waals surface area contributed by atoms with Crippen LogP contribution in [0.25, 0.3) is 0 Å². The molecule has 1 aromatic heterocycles. The number of nitrogens with zero attached hydrogens (tertiary/aromatic N) is 2. The SMILES string of the molecule is COc1ccc(OC)c([C@H]2CCN(C(=O)c3ccno3)C2)c1. The van der Waals surface area contributed by atoms with E-state index in [0.717, 1.165) is 23.5 Å². The lowest BCUT2D eigenvalue weighted by Gasteiger charge is -2.17. The van der Waals surface area contributed by atoms with Crippen molar-refractivity contribution in [1.82, 2.24) is 10.1 Å². The van der Waals surface area contributed by atoms with Gasteiger partial charge in [-0.2, -0.15) is 0 Å². The van der Waals surface area contributed by atoms with Crippen LogP contribution in [0.15, 0.2) is 35.0 Å². The second kappa shape index (κ2) is 6.09. The van der Waals surface area contributed by atoms with Crippen LogP contribution in [-0.2, 0) is 0 Å². The number of methoxy groups -OCH3 is 2. The Morgan fingerprint density at radius 1 is 1.32 bits per heavy atom. The molecule has 3 rings (SSSR count). The minimum atomic E-state index is -0.123. The Morgan fingerprint density at radius 2 is 2.18 bits per heavy atom. The molecule has 1 amide bonds. The van der Waals surface area contributed by atoms with E-state index in [2.05, 4.69) is 5.16 Å². The number of benzene rings is 1. The molecule has 6 heteroatoms. The molecule has 1 atom stereocenters. The van der Waals surface area contributed by atoms with Gasteiger partial charge in [-0.1, -0.05) is 5.16 Å². The molecule has 0 radical (unpaired) electrons. The summed E-state index contributed by atoms with van der Waals surface area (Å²) in [6.45, 7) is 1.31. The van der Waals surface area contributed by atoms with E-state index in [9.17, 15) is 4.79 Å². The van der Waals surface area contributed by atoms with Gasteiger partial charge in [0.15, 0.2) is 0 Å². The first-order chi connectivity index (χ1) is 10.7. The van der Waals surface area contributed by atoms with Crippen LogP contribution in [0, 0.1) is 0 Å². The highest BCUT2D eigenvalue weighted by atomic mass is 16.5. The molecule has 0 N–H and O–H groups in total. The number of rotatable bonds is 4. The first-order valence-corrected chi connectivity index (χ1v) is 7.15. The van der Waals surface area contributed by atoms with Crippen LogP contribution >= 0.6 is 0 Å². The lowest BCUT2D eigenvalue weighted by atomic mass is 9.97. The molecule has 1 aromatic carbocycles. The zero-order chi connectivity index (χ0) is 15.5. The fourth-order valence-electron chi connectivity index (χ4n) is 2.84. The molecule has 1 fully saturated rings. The van der Waals surface area contributed by atoms with Crippen molar-refractivity contribution in [3.05, 3.63) is 41.8 Å². The molecule has 1 aliphatic rings. The molecule has 2 aromatic rings. The Labute approximate surface area is 128 Å². The number of aromatic nitrogens is 1. The van der Waals surface area contributed by atoms with Crippen LogP contribution in [0.4, 0.5) is 0 Å². The summed E-state index contributed by atoms with van der Waals surface area (Å²) < 4.78 is 15.7. The second-order valence-electron chi connectivity index (χ2n) is 5.22. The summed E-state index contributed by atoms with van der Waals surface area (Å²) >= 11 is 0. The number of hydrogen-bond donors (Lipinski definition) is 0. The Morgan fingerprint density at radius 3 is 2.86 bits per heavy atom. The summed E-state index contributed by atoms with van der Waals surface area (Å²) in [5, 5.41) is 3.58. The third-order valence-corrected chi connectivity index (χ3v) is 4.00. The molecule has 0 unspecified atom stereocenters. The summed E-state index contributed by atoms with van der Waals surface area (Å²) in [5.74, 6) is 1.98. The predicted molar refractivity (Wildman–Crippen MR) is 79.3 cm³/mol. The van der Waals surface area contributed by atoms with E-state index < -0.39 is 0 Å². The maximum absolute atomic E-state index is 12.3. The zero-order valence-corrected chi connectivity index (χ0v) is 12.6. The van der Waals surface area contributed by atoms with E-state index in [4.69, 9.17) is 14.0 Å². The van der Waals surface area contributed by atoms with E-state index in [1.165, 1.54) is 6.20 Å². The van der Waals surface area contributed by atoms with Crippen molar-refractivity contribution in [3.63, 3.8) is 0 Å². The van der Waals surface area contributed by atoms with Crippen molar-refractivity contribution in [3.8, 4) is 11.5 Å². The Bertz CT molecular complexity index is 654. The smallest absolute Gasteiger partial charge is 0.292 e. The lowest BCUT2D eigenvalue weighted by Crippen LogP contribution is -2.28. The number of amides is 1. The number of likely N-dealkylation sites (tertiary alicyclic amines) is 1. The van der Waals surface area contributed by atoms with Gasteiger partial charge >= 0.3 is 0 Å². The Kier molecular flexibility index (Phi) is 4.00. The molecule has 22 heavy (non-hydrogen) atoms. The normalized spacial score (nSPS) is 17.5. The molecule has 1 saturated heterocycles. The van der Waals surface area contributed by atoms with Crippen LogP contribution in [0.3, 0.4) is 0 Å². The van der Waals surface area contributed by atoms with Crippen molar-refractivity contribution >= 4 is 5.91 Å². The number of hydrogen-bond acceptors (Lipinski definition) is 5. The van der Waals surface area contributed by atoms with Gasteiger partial charge in [0, 0.05) is 30.6 Å². The third-order valence-electron chi connectivity index (χ3n) is 4.00. The van der Waals surface area contributed by atoms with Crippen molar-refractivity contribution in [1.29, 1.82) is 0 Å². The lowest BCUT2D eigenvalue weighted by molar-refractivity contribution is 0.0749. The van der Waals surface area contributed by atoms with E-state index in [1.807, 2.05) is 18.2 Å². The Balaban J connectivity index is 1.79. The topological polar surface area (TPSA) is 64.8 Å². The zero-order valence-electron chi connectivity index (χ0n) is 12.6.